The zero-order chi connectivity index (χ0) is 19.4. The van der Waals surface area contributed by atoms with Crippen molar-refractivity contribution in [3.8, 4) is 5.75 Å². The van der Waals surface area contributed by atoms with Gasteiger partial charge in [-0.2, -0.15) is 0 Å². The lowest BCUT2D eigenvalue weighted by Gasteiger charge is -2.32. The normalized spacial score (nSPS) is 15.0. The molecule has 26 heavy (non-hydrogen) atoms. The van der Waals surface area contributed by atoms with Gasteiger partial charge in [-0.25, -0.2) is 9.59 Å². The number of carboxylic acids is 2. The summed E-state index contributed by atoms with van der Waals surface area (Å²) in [4.78, 5) is 23.0. The fourth-order valence-electron chi connectivity index (χ4n) is 2.30. The van der Waals surface area contributed by atoms with Gasteiger partial charge in [0.1, 0.15) is 12.4 Å². The van der Waals surface area contributed by atoms with E-state index in [0.29, 0.717) is 13.2 Å². The van der Waals surface area contributed by atoms with E-state index < -0.39 is 11.9 Å². The number of rotatable bonds is 7. The summed E-state index contributed by atoms with van der Waals surface area (Å²) in [7, 11) is 2.18. The highest BCUT2D eigenvalue weighted by atomic mass is 16.5. The molecule has 1 aromatic rings. The smallest absolute Gasteiger partial charge is 0.414 e. The predicted octanol–water partition coefficient (Wildman–Crippen LogP) is 0.793. The summed E-state index contributed by atoms with van der Waals surface area (Å²) in [5.74, 6) is -2.69. The zero-order valence-corrected chi connectivity index (χ0v) is 15.4. The lowest BCUT2D eigenvalue weighted by Crippen LogP contribution is -2.45. The highest BCUT2D eigenvalue weighted by molar-refractivity contribution is 6.27. The molecule has 2 rings (SSSR count). The van der Waals surface area contributed by atoms with Crippen molar-refractivity contribution in [3.05, 3.63) is 29.8 Å². The monoisotopic (exact) mass is 368 g/mol. The van der Waals surface area contributed by atoms with Crippen molar-refractivity contribution in [1.82, 2.24) is 9.80 Å². The number of piperazine rings is 1. The van der Waals surface area contributed by atoms with E-state index in [1.165, 1.54) is 5.56 Å². The van der Waals surface area contributed by atoms with Crippen molar-refractivity contribution in [2.24, 2.45) is 0 Å². The number of carbonyl (C=O) groups is 2. The maximum absolute atomic E-state index is 9.10. The van der Waals surface area contributed by atoms with Gasteiger partial charge >= 0.3 is 11.9 Å². The van der Waals surface area contributed by atoms with E-state index in [1.807, 2.05) is 18.2 Å². The molecule has 2 N–H and O–H groups in total. The van der Waals surface area contributed by atoms with Crippen molar-refractivity contribution in [3.63, 3.8) is 0 Å². The molecule has 1 aliphatic heterocycles. The molecule has 0 spiro atoms. The van der Waals surface area contributed by atoms with Crippen molar-refractivity contribution >= 4 is 11.9 Å². The van der Waals surface area contributed by atoms with Crippen molar-refractivity contribution in [2.75, 3.05) is 59.6 Å². The Morgan fingerprint density at radius 3 is 2.19 bits per heavy atom. The maximum Gasteiger partial charge on any atom is 0.414 e. The average molecular weight is 368 g/mol. The number of para-hydroxylation sites is 1. The minimum Gasteiger partial charge on any atom is -0.491 e. The molecule has 0 unspecified atom stereocenters. The van der Waals surface area contributed by atoms with Crippen LogP contribution in [0, 0.1) is 6.92 Å². The molecule has 1 fully saturated rings. The average Bonchev–Trinajstić information content (AvgIpc) is 2.61. The van der Waals surface area contributed by atoms with E-state index in [-0.39, 0.29) is 0 Å². The highest BCUT2D eigenvalue weighted by Crippen LogP contribution is 2.15. The summed E-state index contributed by atoms with van der Waals surface area (Å²) < 4.78 is 11.3. The van der Waals surface area contributed by atoms with E-state index >= 15 is 0 Å². The molecule has 0 radical (unpaired) electrons. The van der Waals surface area contributed by atoms with Crippen LogP contribution < -0.4 is 4.74 Å². The zero-order valence-electron chi connectivity index (χ0n) is 15.4. The quantitative estimate of drug-likeness (QED) is 0.538. The van der Waals surface area contributed by atoms with Gasteiger partial charge in [0.25, 0.3) is 0 Å². The Morgan fingerprint density at radius 1 is 1.00 bits per heavy atom. The SMILES string of the molecule is Cc1ccccc1OCCOCCN1CCN(C)CC1.O=C(O)C(=O)O. The molecule has 0 saturated carbocycles. The molecule has 0 aliphatic carbocycles. The molecule has 0 atom stereocenters. The van der Waals surface area contributed by atoms with Crippen LogP contribution >= 0.6 is 0 Å². The lowest BCUT2D eigenvalue weighted by molar-refractivity contribution is -0.159. The van der Waals surface area contributed by atoms with Gasteiger partial charge in [0.2, 0.25) is 0 Å². The molecule has 0 amide bonds. The highest BCUT2D eigenvalue weighted by Gasteiger charge is 2.12. The lowest BCUT2D eigenvalue weighted by atomic mass is 10.2. The van der Waals surface area contributed by atoms with Gasteiger partial charge in [-0.3, -0.25) is 4.90 Å². The molecule has 0 aromatic heterocycles. The van der Waals surface area contributed by atoms with Crippen LogP contribution in [0.1, 0.15) is 5.56 Å². The van der Waals surface area contributed by atoms with Gasteiger partial charge in [0.15, 0.2) is 0 Å². The number of hydrogen-bond acceptors (Lipinski definition) is 6. The molecule has 8 heteroatoms. The molecule has 8 nitrogen and oxygen atoms in total. The minimum atomic E-state index is -1.82. The van der Waals surface area contributed by atoms with Crippen LogP contribution in [-0.2, 0) is 14.3 Å². The second kappa shape index (κ2) is 12.2. The number of likely N-dealkylation sites (N-methyl/N-ethyl adjacent to an activating group) is 1. The standard InChI is InChI=1S/C16H26N2O2.C2H2O4/c1-15-5-3-4-6-16(15)20-14-13-19-12-11-18-9-7-17(2)8-10-18;3-1(4)2(5)6/h3-6H,7-14H2,1-2H3;(H,3,4)(H,5,6). The number of ether oxygens (including phenoxy) is 2. The molecule has 146 valence electrons. The minimum absolute atomic E-state index is 0.619. The van der Waals surface area contributed by atoms with Crippen LogP contribution in [-0.4, -0.2) is 91.5 Å². The van der Waals surface area contributed by atoms with Gasteiger partial charge in [-0.05, 0) is 25.6 Å². The summed E-state index contributed by atoms with van der Waals surface area (Å²) in [5.41, 5.74) is 1.17. The largest absolute Gasteiger partial charge is 0.491 e. The van der Waals surface area contributed by atoms with Crippen LogP contribution in [0.4, 0.5) is 0 Å². The van der Waals surface area contributed by atoms with Crippen LogP contribution in [0.15, 0.2) is 24.3 Å². The molecule has 0 bridgehead atoms. The fraction of sp³-hybridized carbons (Fsp3) is 0.556. The number of aryl methyl sites for hydroxylation is 1. The molecule has 1 saturated heterocycles. The maximum atomic E-state index is 9.10. The number of carboxylic acid groups (broad SMARTS) is 2. The first-order valence-corrected chi connectivity index (χ1v) is 8.53. The molecule has 1 heterocycles. The second-order valence-corrected chi connectivity index (χ2v) is 5.98. The first-order valence-electron chi connectivity index (χ1n) is 8.53. The van der Waals surface area contributed by atoms with Crippen molar-refractivity contribution in [2.45, 2.75) is 6.92 Å². The third-order valence-electron chi connectivity index (χ3n) is 3.91. The van der Waals surface area contributed by atoms with Crippen LogP contribution in [0.3, 0.4) is 0 Å². The number of nitrogens with zero attached hydrogens (tertiary/aromatic N) is 2. The summed E-state index contributed by atoms with van der Waals surface area (Å²) >= 11 is 0. The first kappa shape index (κ1) is 21.9. The van der Waals surface area contributed by atoms with Gasteiger partial charge in [0, 0.05) is 32.7 Å². The molecular weight excluding hydrogens is 340 g/mol. The molecular formula is C18H28N2O6. The third kappa shape index (κ3) is 9.36. The van der Waals surface area contributed by atoms with E-state index in [2.05, 4.69) is 29.8 Å². The van der Waals surface area contributed by atoms with Crippen LogP contribution in [0.2, 0.25) is 0 Å². The van der Waals surface area contributed by atoms with E-state index in [9.17, 15) is 0 Å². The van der Waals surface area contributed by atoms with Gasteiger partial charge in [0.05, 0.1) is 13.2 Å². The van der Waals surface area contributed by atoms with Crippen molar-refractivity contribution in [1.29, 1.82) is 0 Å². The second-order valence-electron chi connectivity index (χ2n) is 5.98. The van der Waals surface area contributed by atoms with Crippen LogP contribution in [0.5, 0.6) is 5.75 Å². The molecule has 1 aromatic carbocycles. The van der Waals surface area contributed by atoms with Crippen LogP contribution in [0.25, 0.3) is 0 Å². The number of benzene rings is 1. The summed E-state index contributed by atoms with van der Waals surface area (Å²) in [5, 5.41) is 14.8. The topological polar surface area (TPSA) is 99.5 Å². The molecule has 1 aliphatic rings. The first-order chi connectivity index (χ1) is 12.4. The van der Waals surface area contributed by atoms with E-state index in [1.54, 1.807) is 0 Å². The predicted molar refractivity (Wildman–Crippen MR) is 96.7 cm³/mol. The Labute approximate surface area is 153 Å². The van der Waals surface area contributed by atoms with Crippen molar-refractivity contribution < 1.29 is 29.3 Å². The van der Waals surface area contributed by atoms with Gasteiger partial charge in [-0.1, -0.05) is 18.2 Å². The Hall–Kier alpha value is -2.16. The van der Waals surface area contributed by atoms with E-state index in [4.69, 9.17) is 29.3 Å². The Morgan fingerprint density at radius 2 is 1.62 bits per heavy atom. The summed E-state index contributed by atoms with van der Waals surface area (Å²) in [6.07, 6.45) is 0. The van der Waals surface area contributed by atoms with Gasteiger partial charge in [-0.15, -0.1) is 0 Å². The fourth-order valence-corrected chi connectivity index (χ4v) is 2.30. The number of aliphatic carboxylic acids is 2. The van der Waals surface area contributed by atoms with E-state index in [0.717, 1.165) is 45.1 Å². The Bertz CT molecular complexity index is 546. The van der Waals surface area contributed by atoms with Gasteiger partial charge < -0.3 is 24.6 Å². The Balaban J connectivity index is 0.000000487. The third-order valence-corrected chi connectivity index (χ3v) is 3.91. The number of hydrogen-bond donors (Lipinski definition) is 2. The Kier molecular flexibility index (Phi) is 10.3. The summed E-state index contributed by atoms with van der Waals surface area (Å²) in [6, 6.07) is 8.08. The summed E-state index contributed by atoms with van der Waals surface area (Å²) in [6.45, 7) is 9.78.